The van der Waals surface area contributed by atoms with Crippen LogP contribution in [0.2, 0.25) is 0 Å². The van der Waals surface area contributed by atoms with E-state index in [1.54, 1.807) is 6.92 Å². The lowest BCUT2D eigenvalue weighted by atomic mass is 9.92. The molecule has 1 aromatic carbocycles. The van der Waals surface area contributed by atoms with Crippen LogP contribution in [-0.2, 0) is 25.4 Å². The molecule has 13 heteroatoms. The summed E-state index contributed by atoms with van der Waals surface area (Å²) in [4.78, 5) is 36.3. The first-order valence-corrected chi connectivity index (χ1v) is 9.66. The molecule has 1 unspecified atom stereocenters. The molecule has 2 amide bonds. The van der Waals surface area contributed by atoms with Gasteiger partial charge in [-0.3, -0.25) is 9.00 Å². The number of ether oxygens (including phenoxy) is 1. The van der Waals surface area contributed by atoms with Gasteiger partial charge in [0.1, 0.15) is 12.6 Å². The molecular formula is C17H20N3O9S-. The van der Waals surface area contributed by atoms with Crippen LogP contribution in [0.5, 0.6) is 11.5 Å². The minimum Gasteiger partial charge on any atom is -0.772 e. The first-order chi connectivity index (χ1) is 14.0. The standard InChI is InChI=1S/C17H21N3O9S/c1-9-5-13(23)20(9)14(15(24)25)17(2,30(27)28)8-29-16(26)19-18-7-10-3-4-11(21)12(22)6-10/h3-4,6-7,9,14,21-22H,5,8H2,1-2H3,(H,19,26)(H,24,25)(H,27,28)/p-1/b18-7+/t9-,14+,17+/m1/s1. The van der Waals surface area contributed by atoms with E-state index in [-0.39, 0.29) is 12.2 Å². The fourth-order valence-corrected chi connectivity index (χ4v) is 3.45. The van der Waals surface area contributed by atoms with Gasteiger partial charge in [-0.25, -0.2) is 15.0 Å². The quantitative estimate of drug-likeness (QED) is 0.140. The molecule has 164 valence electrons. The zero-order valence-electron chi connectivity index (χ0n) is 16.0. The van der Waals surface area contributed by atoms with Gasteiger partial charge in [-0.2, -0.15) is 5.10 Å². The molecule has 1 aromatic rings. The molecular weight excluding hydrogens is 422 g/mol. The number of hydrogen-bond acceptors (Lipinski definition) is 9. The Morgan fingerprint density at radius 2 is 2.13 bits per heavy atom. The summed E-state index contributed by atoms with van der Waals surface area (Å²) < 4.78 is 26.3. The maximum absolute atomic E-state index is 11.8. The van der Waals surface area contributed by atoms with Gasteiger partial charge in [0.2, 0.25) is 5.91 Å². The highest BCUT2D eigenvalue weighted by Gasteiger charge is 2.52. The SMILES string of the molecule is C[C@@H]1CC(=O)N1[C@@H](C(=O)O)[C@](C)(COC(=O)N/N=C/c1ccc(O)c(O)c1)S(=O)[O-]. The van der Waals surface area contributed by atoms with Gasteiger partial charge in [0.05, 0.1) is 11.0 Å². The molecule has 4 atom stereocenters. The second-order valence-electron chi connectivity index (χ2n) is 6.84. The summed E-state index contributed by atoms with van der Waals surface area (Å²) in [7, 11) is 0. The molecule has 0 spiro atoms. The molecule has 1 aliphatic heterocycles. The van der Waals surface area contributed by atoms with E-state index >= 15 is 0 Å². The third kappa shape index (κ3) is 4.86. The number of nitrogens with zero attached hydrogens (tertiary/aromatic N) is 2. The van der Waals surface area contributed by atoms with E-state index in [2.05, 4.69) is 5.10 Å². The lowest BCUT2D eigenvalue weighted by molar-refractivity contribution is -0.163. The monoisotopic (exact) mass is 442 g/mol. The van der Waals surface area contributed by atoms with Gasteiger partial charge in [-0.15, -0.1) is 0 Å². The Hall–Kier alpha value is -3.19. The van der Waals surface area contributed by atoms with Crippen LogP contribution in [-0.4, -0.2) is 76.6 Å². The number of nitrogens with one attached hydrogen (secondary N) is 1. The largest absolute Gasteiger partial charge is 0.772 e. The number of likely N-dealkylation sites (tertiary alicyclic amines) is 1. The summed E-state index contributed by atoms with van der Waals surface area (Å²) >= 11 is -3.01. The third-order valence-electron chi connectivity index (χ3n) is 4.56. The highest BCUT2D eigenvalue weighted by Crippen LogP contribution is 2.31. The average molecular weight is 442 g/mol. The van der Waals surface area contributed by atoms with E-state index in [4.69, 9.17) is 4.74 Å². The van der Waals surface area contributed by atoms with Gasteiger partial charge >= 0.3 is 12.1 Å². The minimum atomic E-state index is -3.01. The predicted molar refractivity (Wildman–Crippen MR) is 102 cm³/mol. The number of carbonyl (C=O) groups excluding carboxylic acids is 2. The van der Waals surface area contributed by atoms with E-state index in [0.717, 1.165) is 18.0 Å². The van der Waals surface area contributed by atoms with Crippen molar-refractivity contribution >= 4 is 35.3 Å². The molecule has 4 N–H and O–H groups in total. The maximum atomic E-state index is 11.8. The van der Waals surface area contributed by atoms with E-state index in [1.165, 1.54) is 18.2 Å². The normalized spacial score (nSPS) is 20.2. The van der Waals surface area contributed by atoms with Crippen molar-refractivity contribution in [3.05, 3.63) is 23.8 Å². The maximum Gasteiger partial charge on any atom is 0.427 e. The molecule has 0 radical (unpaired) electrons. The average Bonchev–Trinajstić information content (AvgIpc) is 2.66. The fraction of sp³-hybridized carbons (Fsp3) is 0.412. The summed E-state index contributed by atoms with van der Waals surface area (Å²) in [6.07, 6.45) is 0.0399. The molecule has 12 nitrogen and oxygen atoms in total. The molecule has 1 aliphatic rings. The van der Waals surface area contributed by atoms with Gasteiger partial charge in [-0.1, -0.05) is 0 Å². The number of β-lactam (4-membered cyclic amide) rings is 1. The summed E-state index contributed by atoms with van der Waals surface area (Å²) in [5, 5.41) is 31.7. The molecule has 0 saturated carbocycles. The number of amides is 2. The molecule has 0 aromatic heterocycles. The molecule has 30 heavy (non-hydrogen) atoms. The number of rotatable bonds is 8. The van der Waals surface area contributed by atoms with Crippen LogP contribution in [0.15, 0.2) is 23.3 Å². The van der Waals surface area contributed by atoms with Crippen molar-refractivity contribution in [3.63, 3.8) is 0 Å². The number of carbonyl (C=O) groups is 3. The number of carboxylic acids is 1. The number of benzene rings is 1. The Bertz CT molecular complexity index is 906. The first kappa shape index (κ1) is 23.1. The van der Waals surface area contributed by atoms with Crippen molar-refractivity contribution in [1.82, 2.24) is 10.3 Å². The van der Waals surface area contributed by atoms with Gasteiger partial charge in [0.15, 0.2) is 11.5 Å². The number of aliphatic carboxylic acids is 1. The molecule has 0 aliphatic carbocycles. The topological polar surface area (TPSA) is 189 Å². The van der Waals surface area contributed by atoms with Gasteiger partial charge in [0, 0.05) is 12.5 Å². The molecule has 0 bridgehead atoms. The van der Waals surface area contributed by atoms with E-state index in [9.17, 15) is 38.5 Å². The fourth-order valence-electron chi connectivity index (χ4n) is 2.90. The van der Waals surface area contributed by atoms with Gasteiger partial charge in [0.25, 0.3) is 0 Å². The van der Waals surface area contributed by atoms with Gasteiger partial charge < -0.3 is 29.5 Å². The highest BCUT2D eigenvalue weighted by molar-refractivity contribution is 7.80. The third-order valence-corrected chi connectivity index (χ3v) is 5.67. The van der Waals surface area contributed by atoms with Crippen molar-refractivity contribution in [2.24, 2.45) is 5.10 Å². The van der Waals surface area contributed by atoms with Crippen LogP contribution < -0.4 is 5.43 Å². The first-order valence-electron chi connectivity index (χ1n) is 8.58. The second kappa shape index (κ2) is 9.09. The van der Waals surface area contributed by atoms with Crippen LogP contribution in [0.4, 0.5) is 4.79 Å². The number of phenolic OH excluding ortho intramolecular Hbond substituents is 2. The Morgan fingerprint density at radius 3 is 2.63 bits per heavy atom. The predicted octanol–water partition coefficient (Wildman–Crippen LogP) is -0.130. The minimum absolute atomic E-state index is 0.0915. The Balaban J connectivity index is 2.05. The molecule has 1 saturated heterocycles. The number of aromatic hydroxyl groups is 2. The number of phenols is 2. The van der Waals surface area contributed by atoms with Crippen molar-refractivity contribution < 1.29 is 43.2 Å². The lowest BCUT2D eigenvalue weighted by Gasteiger charge is -2.49. The second-order valence-corrected chi connectivity index (χ2v) is 8.24. The van der Waals surface area contributed by atoms with Crippen LogP contribution in [0.3, 0.4) is 0 Å². The molecule has 2 rings (SSSR count). The number of hydrazone groups is 1. The van der Waals surface area contributed by atoms with Crippen LogP contribution in [0.1, 0.15) is 25.8 Å². The summed E-state index contributed by atoms with van der Waals surface area (Å²) in [6.45, 7) is 1.79. The van der Waals surface area contributed by atoms with E-state index < -0.39 is 58.2 Å². The Morgan fingerprint density at radius 1 is 1.47 bits per heavy atom. The lowest BCUT2D eigenvalue weighted by Crippen LogP contribution is -2.68. The van der Waals surface area contributed by atoms with Crippen LogP contribution >= 0.6 is 0 Å². The van der Waals surface area contributed by atoms with E-state index in [0.29, 0.717) is 5.56 Å². The van der Waals surface area contributed by atoms with Crippen LogP contribution in [0, 0.1) is 0 Å². The summed E-state index contributed by atoms with van der Waals surface area (Å²) in [5.41, 5.74) is 2.28. The van der Waals surface area contributed by atoms with Crippen molar-refractivity contribution in [3.8, 4) is 11.5 Å². The zero-order valence-corrected chi connectivity index (χ0v) is 16.8. The van der Waals surface area contributed by atoms with E-state index in [1.807, 2.05) is 5.43 Å². The molecule has 1 fully saturated rings. The van der Waals surface area contributed by atoms with Crippen molar-refractivity contribution in [2.75, 3.05) is 6.61 Å². The zero-order chi connectivity index (χ0) is 22.6. The van der Waals surface area contributed by atoms with Crippen molar-refractivity contribution in [2.45, 2.75) is 37.1 Å². The molecule has 1 heterocycles. The van der Waals surface area contributed by atoms with Gasteiger partial charge in [-0.05, 0) is 48.7 Å². The highest BCUT2D eigenvalue weighted by atomic mass is 32.2. The number of hydrogen-bond donors (Lipinski definition) is 4. The summed E-state index contributed by atoms with van der Waals surface area (Å²) in [5.74, 6) is -2.80. The van der Waals surface area contributed by atoms with Crippen molar-refractivity contribution in [1.29, 1.82) is 0 Å². The summed E-state index contributed by atoms with van der Waals surface area (Å²) in [6, 6.07) is 1.55. The smallest absolute Gasteiger partial charge is 0.427 e. The number of carboxylic acid groups (broad SMARTS) is 1. The Labute approximate surface area is 173 Å². The van der Waals surface area contributed by atoms with Crippen LogP contribution in [0.25, 0.3) is 0 Å². The Kier molecular flexibility index (Phi) is 7.00.